The molecule has 0 saturated carbocycles. The summed E-state index contributed by atoms with van der Waals surface area (Å²) in [5, 5.41) is 8.13. The van der Waals surface area contributed by atoms with Crippen LogP contribution in [0, 0.1) is 0 Å². The van der Waals surface area contributed by atoms with Crippen molar-refractivity contribution in [1.82, 2.24) is 20.0 Å². The van der Waals surface area contributed by atoms with Gasteiger partial charge in [-0.1, -0.05) is 12.1 Å². The fourth-order valence-corrected chi connectivity index (χ4v) is 1.89. The van der Waals surface area contributed by atoms with Gasteiger partial charge in [0.25, 0.3) is 0 Å². The van der Waals surface area contributed by atoms with Gasteiger partial charge in [-0.2, -0.15) is 0 Å². The van der Waals surface area contributed by atoms with Crippen LogP contribution < -0.4 is 15.2 Å². The van der Waals surface area contributed by atoms with E-state index >= 15 is 0 Å². The van der Waals surface area contributed by atoms with Crippen LogP contribution in [0.1, 0.15) is 30.8 Å². The second-order valence-corrected chi connectivity index (χ2v) is 4.35. The molecule has 0 spiro atoms. The topological polar surface area (TPSA) is 88.1 Å². The molecule has 0 aliphatic heterocycles. The minimum atomic E-state index is -0.0936. The molecule has 0 aliphatic carbocycles. The standard InChI is InChI=1S/C13H19N5O2/c1-4-9(14)10-7-18(17-16-10)8-11-13(20-3)12(19-2)5-6-15-11/h5-7,9H,4,8,14H2,1-3H3. The predicted molar refractivity (Wildman–Crippen MR) is 73.7 cm³/mol. The van der Waals surface area contributed by atoms with Crippen LogP contribution in [0.5, 0.6) is 11.5 Å². The van der Waals surface area contributed by atoms with Crippen molar-refractivity contribution in [2.24, 2.45) is 5.73 Å². The molecule has 7 heteroatoms. The molecular formula is C13H19N5O2. The number of rotatable bonds is 6. The van der Waals surface area contributed by atoms with Gasteiger partial charge in [-0.25, -0.2) is 4.68 Å². The molecule has 2 N–H and O–H groups in total. The second-order valence-electron chi connectivity index (χ2n) is 4.35. The van der Waals surface area contributed by atoms with Crippen LogP contribution in [0.4, 0.5) is 0 Å². The molecule has 0 fully saturated rings. The Hall–Kier alpha value is -2.15. The summed E-state index contributed by atoms with van der Waals surface area (Å²) >= 11 is 0. The van der Waals surface area contributed by atoms with Gasteiger partial charge in [-0.15, -0.1) is 5.10 Å². The van der Waals surface area contributed by atoms with E-state index in [0.717, 1.165) is 17.8 Å². The zero-order chi connectivity index (χ0) is 14.5. The van der Waals surface area contributed by atoms with Crippen molar-refractivity contribution < 1.29 is 9.47 Å². The lowest BCUT2D eigenvalue weighted by Gasteiger charge is -2.11. The van der Waals surface area contributed by atoms with Gasteiger partial charge >= 0.3 is 0 Å². The Bertz CT molecular complexity index is 570. The van der Waals surface area contributed by atoms with E-state index in [1.54, 1.807) is 31.2 Å². The Morgan fingerprint density at radius 2 is 2.15 bits per heavy atom. The molecule has 0 aliphatic rings. The third kappa shape index (κ3) is 2.88. The van der Waals surface area contributed by atoms with Gasteiger partial charge in [0.1, 0.15) is 5.69 Å². The van der Waals surface area contributed by atoms with Gasteiger partial charge in [-0.05, 0) is 6.42 Å². The fraction of sp³-hybridized carbons (Fsp3) is 0.462. The number of nitrogens with two attached hydrogens (primary N) is 1. The van der Waals surface area contributed by atoms with Crippen LogP contribution >= 0.6 is 0 Å². The number of nitrogens with zero attached hydrogens (tertiary/aromatic N) is 4. The molecule has 108 valence electrons. The lowest BCUT2D eigenvalue weighted by Crippen LogP contribution is -2.09. The smallest absolute Gasteiger partial charge is 0.184 e. The maximum Gasteiger partial charge on any atom is 0.184 e. The SMILES string of the molecule is CCC(N)c1cn(Cc2nccc(OC)c2OC)nn1. The van der Waals surface area contributed by atoms with E-state index in [4.69, 9.17) is 15.2 Å². The number of hydrogen-bond donors (Lipinski definition) is 1. The molecule has 0 saturated heterocycles. The van der Waals surface area contributed by atoms with E-state index in [1.807, 2.05) is 13.1 Å². The van der Waals surface area contributed by atoms with Crippen LogP contribution in [0.15, 0.2) is 18.5 Å². The number of pyridine rings is 1. The first-order valence-electron chi connectivity index (χ1n) is 6.41. The predicted octanol–water partition coefficient (Wildman–Crippen LogP) is 1.15. The van der Waals surface area contributed by atoms with Gasteiger partial charge in [0.05, 0.1) is 38.7 Å². The first-order valence-corrected chi connectivity index (χ1v) is 6.41. The Kier molecular flexibility index (Phi) is 4.52. The lowest BCUT2D eigenvalue weighted by atomic mass is 10.2. The summed E-state index contributed by atoms with van der Waals surface area (Å²) in [5.74, 6) is 1.25. The molecule has 1 unspecified atom stereocenters. The van der Waals surface area contributed by atoms with E-state index in [1.165, 1.54) is 0 Å². The number of hydrogen-bond acceptors (Lipinski definition) is 6. The van der Waals surface area contributed by atoms with Crippen LogP contribution in [0.2, 0.25) is 0 Å². The van der Waals surface area contributed by atoms with Crippen molar-refractivity contribution in [3.05, 3.63) is 29.8 Å². The fourth-order valence-electron chi connectivity index (χ4n) is 1.89. The van der Waals surface area contributed by atoms with E-state index in [2.05, 4.69) is 15.3 Å². The molecule has 0 amide bonds. The Morgan fingerprint density at radius 1 is 1.35 bits per heavy atom. The van der Waals surface area contributed by atoms with Crippen molar-refractivity contribution in [3.63, 3.8) is 0 Å². The van der Waals surface area contributed by atoms with Gasteiger partial charge in [0.2, 0.25) is 0 Å². The first-order chi connectivity index (χ1) is 9.69. The van der Waals surface area contributed by atoms with Gasteiger partial charge in [-0.3, -0.25) is 4.98 Å². The van der Waals surface area contributed by atoms with Crippen molar-refractivity contribution in [2.45, 2.75) is 25.9 Å². The Labute approximate surface area is 117 Å². The molecule has 0 bridgehead atoms. The van der Waals surface area contributed by atoms with Crippen molar-refractivity contribution >= 4 is 0 Å². The highest BCUT2D eigenvalue weighted by Gasteiger charge is 2.13. The number of aromatic nitrogens is 4. The molecule has 20 heavy (non-hydrogen) atoms. The van der Waals surface area contributed by atoms with Gasteiger partial charge < -0.3 is 15.2 Å². The minimum Gasteiger partial charge on any atom is -0.493 e. The molecule has 1 atom stereocenters. The van der Waals surface area contributed by atoms with Crippen LogP contribution in [-0.4, -0.2) is 34.2 Å². The zero-order valence-corrected chi connectivity index (χ0v) is 11.9. The maximum atomic E-state index is 5.93. The summed E-state index contributed by atoms with van der Waals surface area (Å²) in [6, 6.07) is 1.66. The van der Waals surface area contributed by atoms with Gasteiger partial charge in [0.15, 0.2) is 11.5 Å². The maximum absolute atomic E-state index is 5.93. The highest BCUT2D eigenvalue weighted by Crippen LogP contribution is 2.29. The van der Waals surface area contributed by atoms with E-state index in [0.29, 0.717) is 18.0 Å². The Morgan fingerprint density at radius 3 is 2.80 bits per heavy atom. The highest BCUT2D eigenvalue weighted by atomic mass is 16.5. The normalized spacial score (nSPS) is 12.2. The van der Waals surface area contributed by atoms with Crippen molar-refractivity contribution in [3.8, 4) is 11.5 Å². The van der Waals surface area contributed by atoms with Gasteiger partial charge in [0, 0.05) is 12.3 Å². The van der Waals surface area contributed by atoms with E-state index in [9.17, 15) is 0 Å². The molecule has 0 radical (unpaired) electrons. The molecule has 2 aromatic rings. The molecular weight excluding hydrogens is 258 g/mol. The monoisotopic (exact) mass is 277 g/mol. The number of ether oxygens (including phenoxy) is 2. The summed E-state index contributed by atoms with van der Waals surface area (Å²) in [6.45, 7) is 2.46. The largest absolute Gasteiger partial charge is 0.493 e. The Balaban J connectivity index is 2.24. The minimum absolute atomic E-state index is 0.0936. The van der Waals surface area contributed by atoms with E-state index in [-0.39, 0.29) is 6.04 Å². The van der Waals surface area contributed by atoms with Crippen molar-refractivity contribution in [1.29, 1.82) is 0 Å². The average molecular weight is 277 g/mol. The van der Waals surface area contributed by atoms with Crippen LogP contribution in [-0.2, 0) is 6.54 Å². The molecule has 7 nitrogen and oxygen atoms in total. The quantitative estimate of drug-likeness (QED) is 0.852. The molecule has 2 aromatic heterocycles. The van der Waals surface area contributed by atoms with Crippen molar-refractivity contribution in [2.75, 3.05) is 14.2 Å². The zero-order valence-electron chi connectivity index (χ0n) is 11.9. The van der Waals surface area contributed by atoms with E-state index < -0.39 is 0 Å². The summed E-state index contributed by atoms with van der Waals surface area (Å²) in [7, 11) is 3.18. The first kappa shape index (κ1) is 14.3. The van der Waals surface area contributed by atoms with Crippen LogP contribution in [0.25, 0.3) is 0 Å². The summed E-state index contributed by atoms with van der Waals surface area (Å²) in [4.78, 5) is 4.30. The highest BCUT2D eigenvalue weighted by molar-refractivity contribution is 5.42. The van der Waals surface area contributed by atoms with Crippen LogP contribution in [0.3, 0.4) is 0 Å². The molecule has 0 aromatic carbocycles. The summed E-state index contributed by atoms with van der Waals surface area (Å²) < 4.78 is 12.3. The third-order valence-corrected chi connectivity index (χ3v) is 3.05. The summed E-state index contributed by atoms with van der Waals surface area (Å²) in [6.07, 6.45) is 4.32. The molecule has 2 heterocycles. The lowest BCUT2D eigenvalue weighted by molar-refractivity contribution is 0.348. The summed E-state index contributed by atoms with van der Waals surface area (Å²) in [5.41, 5.74) is 7.43. The average Bonchev–Trinajstić information content (AvgIpc) is 2.94. The molecule has 2 rings (SSSR count). The third-order valence-electron chi connectivity index (χ3n) is 3.05. The number of methoxy groups -OCH3 is 2. The second kappa shape index (κ2) is 6.33.